The molecule has 2 amide bonds. The number of aromatic nitrogens is 1. The summed E-state index contributed by atoms with van der Waals surface area (Å²) in [5.41, 5.74) is 2.27. The van der Waals surface area contributed by atoms with Crippen molar-refractivity contribution in [1.82, 2.24) is 4.98 Å². The Kier molecular flexibility index (Phi) is 8.76. The molecule has 0 unspecified atom stereocenters. The van der Waals surface area contributed by atoms with Gasteiger partial charge in [-0.15, -0.1) is 0 Å². The molecule has 9 nitrogen and oxygen atoms in total. The maximum atomic E-state index is 13.7. The van der Waals surface area contributed by atoms with Gasteiger partial charge in [0.15, 0.2) is 0 Å². The van der Waals surface area contributed by atoms with Crippen molar-refractivity contribution in [3.05, 3.63) is 76.5 Å². The van der Waals surface area contributed by atoms with Gasteiger partial charge in [-0.2, -0.15) is 0 Å². The van der Waals surface area contributed by atoms with Crippen LogP contribution in [0.2, 0.25) is 10.0 Å². The molecule has 2 heterocycles. The quantitative estimate of drug-likeness (QED) is 0.265. The van der Waals surface area contributed by atoms with Gasteiger partial charge in [0.1, 0.15) is 6.54 Å². The van der Waals surface area contributed by atoms with Gasteiger partial charge in [-0.05, 0) is 66.9 Å². The number of anilines is 3. The summed E-state index contributed by atoms with van der Waals surface area (Å²) < 4.78 is 33.6. The van der Waals surface area contributed by atoms with Crippen LogP contribution in [-0.4, -0.2) is 45.1 Å². The van der Waals surface area contributed by atoms with Crippen LogP contribution in [0.25, 0.3) is 0 Å². The molecule has 0 atom stereocenters. The summed E-state index contributed by atoms with van der Waals surface area (Å²) in [5, 5.41) is 3.11. The normalized spacial score (nSPS) is 12.7. The molecule has 200 valence electrons. The fraction of sp³-hybridized carbons (Fsp3) is 0.269. The van der Waals surface area contributed by atoms with E-state index in [1.165, 1.54) is 18.2 Å². The summed E-state index contributed by atoms with van der Waals surface area (Å²) in [5.74, 6) is -0.686. The maximum absolute atomic E-state index is 13.7. The van der Waals surface area contributed by atoms with Crippen LogP contribution in [0.5, 0.6) is 0 Å². The molecule has 12 heteroatoms. The number of halogens is 2. The van der Waals surface area contributed by atoms with Gasteiger partial charge >= 0.3 is 12.0 Å². The number of hydrogen-bond donors (Lipinski definition) is 1. The first-order valence-electron chi connectivity index (χ1n) is 11.9. The highest BCUT2D eigenvalue weighted by Gasteiger charge is 2.31. The Bertz CT molecular complexity index is 1420. The van der Waals surface area contributed by atoms with Crippen LogP contribution in [0, 0.1) is 0 Å². The molecule has 0 bridgehead atoms. The number of esters is 1. The summed E-state index contributed by atoms with van der Waals surface area (Å²) in [4.78, 5) is 30.9. The molecule has 1 aliphatic heterocycles. The summed E-state index contributed by atoms with van der Waals surface area (Å²) in [6.07, 6.45) is 5.15. The van der Waals surface area contributed by atoms with E-state index in [0.29, 0.717) is 30.8 Å². The number of amides is 2. The summed E-state index contributed by atoms with van der Waals surface area (Å²) >= 11 is 12.1. The second kappa shape index (κ2) is 12.0. The van der Waals surface area contributed by atoms with Crippen molar-refractivity contribution in [2.24, 2.45) is 0 Å². The molecule has 0 fully saturated rings. The van der Waals surface area contributed by atoms with Crippen molar-refractivity contribution in [2.45, 2.75) is 31.1 Å². The van der Waals surface area contributed by atoms with Crippen molar-refractivity contribution in [3.63, 3.8) is 0 Å². The Morgan fingerprint density at radius 1 is 1.08 bits per heavy atom. The number of carbonyl (C=O) groups is 2. The highest BCUT2D eigenvalue weighted by atomic mass is 35.5. The summed E-state index contributed by atoms with van der Waals surface area (Å²) in [7, 11) is -4.25. The van der Waals surface area contributed by atoms with Crippen LogP contribution in [-0.2, 0) is 26.0 Å². The van der Waals surface area contributed by atoms with Crippen LogP contribution < -0.4 is 14.5 Å². The predicted octanol–water partition coefficient (Wildman–Crippen LogP) is 5.52. The number of hydrogen-bond acceptors (Lipinski definition) is 6. The molecule has 3 aromatic rings. The number of pyridine rings is 1. The van der Waals surface area contributed by atoms with E-state index in [-0.39, 0.29) is 33.3 Å². The molecule has 0 saturated heterocycles. The second-order valence-electron chi connectivity index (χ2n) is 8.57. The number of sulfonamides is 1. The summed E-state index contributed by atoms with van der Waals surface area (Å²) in [6, 6.07) is 11.9. The molecule has 1 N–H and O–H groups in total. The molecule has 0 spiro atoms. The maximum Gasteiger partial charge on any atom is 0.326 e. The lowest BCUT2D eigenvalue weighted by molar-refractivity contribution is -0.141. The SMILES string of the molecule is CCCCOC(=O)CN(c1ccc2c(c1)CCN2C(=O)Nc1ccncc1)S(=O)(=O)c1cc(Cl)cc(Cl)c1. The highest BCUT2D eigenvalue weighted by molar-refractivity contribution is 7.92. The van der Waals surface area contributed by atoms with Crippen LogP contribution in [0.15, 0.2) is 65.8 Å². The van der Waals surface area contributed by atoms with E-state index in [1.807, 2.05) is 6.92 Å². The first-order chi connectivity index (χ1) is 18.2. The fourth-order valence-electron chi connectivity index (χ4n) is 3.99. The number of nitrogens with one attached hydrogen (secondary N) is 1. The zero-order chi connectivity index (χ0) is 27.3. The van der Waals surface area contributed by atoms with Crippen molar-refractivity contribution < 1.29 is 22.7 Å². The van der Waals surface area contributed by atoms with Gasteiger partial charge in [0.2, 0.25) is 0 Å². The Labute approximate surface area is 231 Å². The molecule has 4 rings (SSSR count). The van der Waals surface area contributed by atoms with Crippen LogP contribution >= 0.6 is 23.2 Å². The van der Waals surface area contributed by atoms with Crippen LogP contribution in [0.3, 0.4) is 0 Å². The molecule has 1 aliphatic rings. The van der Waals surface area contributed by atoms with E-state index in [4.69, 9.17) is 27.9 Å². The van der Waals surface area contributed by atoms with Gasteiger partial charge in [0, 0.05) is 40.4 Å². The molecule has 1 aromatic heterocycles. The van der Waals surface area contributed by atoms with Crippen molar-refractivity contribution in [3.8, 4) is 0 Å². The number of benzene rings is 2. The fourth-order valence-corrected chi connectivity index (χ4v) is 6.12. The van der Waals surface area contributed by atoms with E-state index < -0.39 is 22.5 Å². The first kappa shape index (κ1) is 27.7. The van der Waals surface area contributed by atoms with Gasteiger partial charge in [-0.25, -0.2) is 13.2 Å². The third-order valence-electron chi connectivity index (χ3n) is 5.88. The van der Waals surface area contributed by atoms with Gasteiger partial charge in [-0.3, -0.25) is 19.0 Å². The lowest BCUT2D eigenvalue weighted by atomic mass is 10.1. The first-order valence-corrected chi connectivity index (χ1v) is 14.1. The molecule has 0 radical (unpaired) electrons. The summed E-state index contributed by atoms with van der Waals surface area (Å²) in [6.45, 7) is 2.02. The molecular formula is C26H26Cl2N4O5S. The average molecular weight is 577 g/mol. The van der Waals surface area contributed by atoms with E-state index in [9.17, 15) is 18.0 Å². The number of ether oxygens (including phenoxy) is 1. The molecule has 2 aromatic carbocycles. The van der Waals surface area contributed by atoms with Crippen molar-refractivity contribution in [2.75, 3.05) is 34.2 Å². The largest absolute Gasteiger partial charge is 0.464 e. The Morgan fingerprint density at radius 3 is 2.47 bits per heavy atom. The highest BCUT2D eigenvalue weighted by Crippen LogP contribution is 2.35. The minimum absolute atomic E-state index is 0.145. The van der Waals surface area contributed by atoms with E-state index in [1.54, 1.807) is 47.6 Å². The standard InChI is InChI=1S/C26H26Cl2N4O5S/c1-2-3-12-37-25(33)17-32(38(35,36)23-15-19(27)14-20(28)16-23)22-4-5-24-18(13-22)8-11-31(24)26(34)30-21-6-9-29-10-7-21/h4-7,9-10,13-16H,2-3,8,11-12,17H2,1H3,(H,29,30,34). The lowest BCUT2D eigenvalue weighted by Crippen LogP contribution is -2.37. The van der Waals surface area contributed by atoms with Gasteiger partial charge < -0.3 is 10.1 Å². The van der Waals surface area contributed by atoms with E-state index >= 15 is 0 Å². The molecule has 0 aliphatic carbocycles. The lowest BCUT2D eigenvalue weighted by Gasteiger charge is -2.25. The zero-order valence-electron chi connectivity index (χ0n) is 20.6. The topological polar surface area (TPSA) is 109 Å². The van der Waals surface area contributed by atoms with Crippen LogP contribution in [0.4, 0.5) is 21.9 Å². The molecular weight excluding hydrogens is 551 g/mol. The van der Waals surface area contributed by atoms with Crippen molar-refractivity contribution in [1.29, 1.82) is 0 Å². The number of rotatable bonds is 9. The molecule has 0 saturated carbocycles. The van der Waals surface area contributed by atoms with Gasteiger partial charge in [0.05, 0.1) is 17.2 Å². The van der Waals surface area contributed by atoms with Gasteiger partial charge in [-0.1, -0.05) is 36.5 Å². The number of nitrogens with zero attached hydrogens (tertiary/aromatic N) is 3. The number of urea groups is 1. The van der Waals surface area contributed by atoms with Gasteiger partial charge in [0.25, 0.3) is 10.0 Å². The minimum atomic E-state index is -4.25. The smallest absolute Gasteiger partial charge is 0.326 e. The Morgan fingerprint density at radius 2 is 1.79 bits per heavy atom. The zero-order valence-corrected chi connectivity index (χ0v) is 22.9. The third kappa shape index (κ3) is 6.38. The predicted molar refractivity (Wildman–Crippen MR) is 148 cm³/mol. The third-order valence-corrected chi connectivity index (χ3v) is 8.07. The second-order valence-corrected chi connectivity index (χ2v) is 11.3. The monoisotopic (exact) mass is 576 g/mol. The number of fused-ring (bicyclic) bond motifs is 1. The molecule has 38 heavy (non-hydrogen) atoms. The Balaban J connectivity index is 1.64. The average Bonchev–Trinajstić information content (AvgIpc) is 3.31. The minimum Gasteiger partial charge on any atom is -0.464 e. The Hall–Kier alpha value is -3.34. The van der Waals surface area contributed by atoms with Crippen molar-refractivity contribution >= 4 is 62.3 Å². The van der Waals surface area contributed by atoms with E-state index in [2.05, 4.69) is 10.3 Å². The van der Waals surface area contributed by atoms with E-state index in [0.717, 1.165) is 16.3 Å². The number of unbranched alkanes of at least 4 members (excludes halogenated alkanes) is 1. The number of carbonyl (C=O) groups excluding carboxylic acids is 2. The van der Waals surface area contributed by atoms with Crippen LogP contribution in [0.1, 0.15) is 25.3 Å².